The highest BCUT2D eigenvalue weighted by Gasteiger charge is 2.31. The van der Waals surface area contributed by atoms with Crippen LogP contribution in [0.1, 0.15) is 85.5 Å². The maximum atomic E-state index is 10.4. The molecular weight excluding hydrogens is 220 g/mol. The standard InChI is InChI=1S/C17H34O/c1-5-7-8-14(6-2)13-16(18)15-9-11-17(3,4)12-10-15/h14-16,18H,5-13H2,1-4H3. The van der Waals surface area contributed by atoms with Crippen LogP contribution in [-0.2, 0) is 0 Å². The van der Waals surface area contributed by atoms with Gasteiger partial charge in [0.2, 0.25) is 0 Å². The van der Waals surface area contributed by atoms with Crippen LogP contribution in [-0.4, -0.2) is 11.2 Å². The molecule has 1 aliphatic carbocycles. The Morgan fingerprint density at radius 1 is 1.17 bits per heavy atom. The predicted molar refractivity (Wildman–Crippen MR) is 79.7 cm³/mol. The van der Waals surface area contributed by atoms with E-state index >= 15 is 0 Å². The molecule has 1 nitrogen and oxygen atoms in total. The summed E-state index contributed by atoms with van der Waals surface area (Å²) in [5.41, 5.74) is 0.516. The number of hydrogen-bond acceptors (Lipinski definition) is 1. The van der Waals surface area contributed by atoms with Crippen LogP contribution in [0.3, 0.4) is 0 Å². The molecule has 1 rings (SSSR count). The van der Waals surface area contributed by atoms with E-state index in [1.165, 1.54) is 51.4 Å². The molecule has 0 aliphatic heterocycles. The highest BCUT2D eigenvalue weighted by molar-refractivity contribution is 4.82. The van der Waals surface area contributed by atoms with Gasteiger partial charge in [0.15, 0.2) is 0 Å². The number of aliphatic hydroxyl groups is 1. The Kier molecular flexibility index (Phi) is 6.70. The molecule has 1 fully saturated rings. The maximum absolute atomic E-state index is 10.4. The molecule has 0 spiro atoms. The molecule has 2 atom stereocenters. The van der Waals surface area contributed by atoms with E-state index in [1.807, 2.05) is 0 Å². The van der Waals surface area contributed by atoms with E-state index in [2.05, 4.69) is 27.7 Å². The van der Waals surface area contributed by atoms with Gasteiger partial charge in [0.05, 0.1) is 6.10 Å². The first-order valence-corrected chi connectivity index (χ1v) is 8.16. The van der Waals surface area contributed by atoms with Crippen LogP contribution in [0.2, 0.25) is 0 Å². The molecule has 1 heteroatoms. The highest BCUT2D eigenvalue weighted by Crippen LogP contribution is 2.40. The summed E-state index contributed by atoms with van der Waals surface area (Å²) in [5, 5.41) is 10.4. The third-order valence-electron chi connectivity index (χ3n) is 5.05. The molecular formula is C17H34O. The Morgan fingerprint density at radius 2 is 1.78 bits per heavy atom. The molecule has 0 radical (unpaired) electrons. The summed E-state index contributed by atoms with van der Waals surface area (Å²) < 4.78 is 0. The Labute approximate surface area is 114 Å². The molecule has 0 bridgehead atoms. The zero-order chi connectivity index (χ0) is 13.6. The molecule has 2 unspecified atom stereocenters. The second-order valence-electron chi connectivity index (χ2n) is 7.22. The van der Waals surface area contributed by atoms with Crippen LogP contribution >= 0.6 is 0 Å². The Morgan fingerprint density at radius 3 is 2.28 bits per heavy atom. The number of aliphatic hydroxyl groups excluding tert-OH is 1. The molecule has 0 aromatic carbocycles. The molecule has 0 saturated heterocycles. The zero-order valence-electron chi connectivity index (χ0n) is 13.0. The second-order valence-corrected chi connectivity index (χ2v) is 7.22. The van der Waals surface area contributed by atoms with Gasteiger partial charge >= 0.3 is 0 Å². The van der Waals surface area contributed by atoms with E-state index in [1.54, 1.807) is 0 Å². The summed E-state index contributed by atoms with van der Waals surface area (Å²) in [5.74, 6) is 1.32. The number of rotatable bonds is 7. The fourth-order valence-corrected chi connectivity index (χ4v) is 3.32. The van der Waals surface area contributed by atoms with Gasteiger partial charge < -0.3 is 5.11 Å². The molecule has 0 aromatic rings. The van der Waals surface area contributed by atoms with E-state index in [-0.39, 0.29) is 6.10 Å². The lowest BCUT2D eigenvalue weighted by molar-refractivity contribution is 0.0383. The van der Waals surface area contributed by atoms with Crippen molar-refractivity contribution >= 4 is 0 Å². The fraction of sp³-hybridized carbons (Fsp3) is 1.00. The molecule has 0 aromatic heterocycles. The van der Waals surface area contributed by atoms with Gasteiger partial charge in [-0.3, -0.25) is 0 Å². The average molecular weight is 254 g/mol. The Bertz CT molecular complexity index is 212. The van der Waals surface area contributed by atoms with E-state index < -0.39 is 0 Å². The summed E-state index contributed by atoms with van der Waals surface area (Å²) in [6.45, 7) is 9.26. The summed E-state index contributed by atoms with van der Waals surface area (Å²) in [6.07, 6.45) is 11.2. The Hall–Kier alpha value is -0.0400. The zero-order valence-corrected chi connectivity index (χ0v) is 13.0. The SMILES string of the molecule is CCCCC(CC)CC(O)C1CCC(C)(C)CC1. The van der Waals surface area contributed by atoms with E-state index in [9.17, 15) is 5.11 Å². The molecule has 0 heterocycles. The van der Waals surface area contributed by atoms with E-state index in [0.717, 1.165) is 12.3 Å². The molecule has 18 heavy (non-hydrogen) atoms. The van der Waals surface area contributed by atoms with Crippen molar-refractivity contribution < 1.29 is 5.11 Å². The molecule has 108 valence electrons. The van der Waals surface area contributed by atoms with Crippen LogP contribution in [0.5, 0.6) is 0 Å². The summed E-state index contributed by atoms with van der Waals surface area (Å²) >= 11 is 0. The largest absolute Gasteiger partial charge is 0.393 e. The van der Waals surface area contributed by atoms with Crippen molar-refractivity contribution in [2.24, 2.45) is 17.3 Å². The Balaban J connectivity index is 2.33. The fourth-order valence-electron chi connectivity index (χ4n) is 3.32. The van der Waals surface area contributed by atoms with Gasteiger partial charge in [0, 0.05) is 0 Å². The lowest BCUT2D eigenvalue weighted by Gasteiger charge is -2.37. The van der Waals surface area contributed by atoms with Crippen molar-refractivity contribution in [2.45, 2.75) is 91.6 Å². The quantitative estimate of drug-likeness (QED) is 0.664. The van der Waals surface area contributed by atoms with Gasteiger partial charge in [-0.2, -0.15) is 0 Å². The van der Waals surface area contributed by atoms with Crippen molar-refractivity contribution in [2.75, 3.05) is 0 Å². The summed E-state index contributed by atoms with van der Waals surface area (Å²) in [4.78, 5) is 0. The summed E-state index contributed by atoms with van der Waals surface area (Å²) in [7, 11) is 0. The van der Waals surface area contributed by atoms with Crippen molar-refractivity contribution in [3.8, 4) is 0 Å². The minimum Gasteiger partial charge on any atom is -0.393 e. The highest BCUT2D eigenvalue weighted by atomic mass is 16.3. The van der Waals surface area contributed by atoms with Crippen LogP contribution in [0, 0.1) is 17.3 Å². The van der Waals surface area contributed by atoms with E-state index in [4.69, 9.17) is 0 Å². The van der Waals surface area contributed by atoms with Gasteiger partial charge in [-0.05, 0) is 49.4 Å². The van der Waals surface area contributed by atoms with Crippen molar-refractivity contribution in [1.82, 2.24) is 0 Å². The van der Waals surface area contributed by atoms with Crippen molar-refractivity contribution in [1.29, 1.82) is 0 Å². The lowest BCUT2D eigenvalue weighted by atomic mass is 9.70. The normalized spacial score (nSPS) is 23.8. The number of hydrogen-bond donors (Lipinski definition) is 1. The second kappa shape index (κ2) is 7.53. The average Bonchev–Trinajstić information content (AvgIpc) is 2.34. The molecule has 0 amide bonds. The molecule has 1 N–H and O–H groups in total. The van der Waals surface area contributed by atoms with Gasteiger partial charge in [0.1, 0.15) is 0 Å². The first-order valence-electron chi connectivity index (χ1n) is 8.16. The van der Waals surface area contributed by atoms with Crippen LogP contribution < -0.4 is 0 Å². The van der Waals surface area contributed by atoms with Crippen LogP contribution in [0.15, 0.2) is 0 Å². The van der Waals surface area contributed by atoms with Gasteiger partial charge in [-0.15, -0.1) is 0 Å². The number of unbranched alkanes of at least 4 members (excludes halogenated alkanes) is 1. The van der Waals surface area contributed by atoms with Crippen LogP contribution in [0.25, 0.3) is 0 Å². The van der Waals surface area contributed by atoms with Gasteiger partial charge in [-0.25, -0.2) is 0 Å². The molecule has 1 saturated carbocycles. The summed E-state index contributed by atoms with van der Waals surface area (Å²) in [6, 6.07) is 0. The third kappa shape index (κ3) is 5.30. The van der Waals surface area contributed by atoms with Gasteiger partial charge in [-0.1, -0.05) is 53.4 Å². The first-order chi connectivity index (χ1) is 8.48. The maximum Gasteiger partial charge on any atom is 0.0571 e. The first kappa shape index (κ1) is 16.0. The van der Waals surface area contributed by atoms with Crippen molar-refractivity contribution in [3.05, 3.63) is 0 Å². The third-order valence-corrected chi connectivity index (χ3v) is 5.05. The van der Waals surface area contributed by atoms with Crippen LogP contribution in [0.4, 0.5) is 0 Å². The minimum absolute atomic E-state index is 0.0390. The lowest BCUT2D eigenvalue weighted by Crippen LogP contribution is -2.30. The van der Waals surface area contributed by atoms with E-state index in [0.29, 0.717) is 11.3 Å². The monoisotopic (exact) mass is 254 g/mol. The predicted octanol–water partition coefficient (Wildman–Crippen LogP) is 5.17. The molecule has 1 aliphatic rings. The van der Waals surface area contributed by atoms with Gasteiger partial charge in [0.25, 0.3) is 0 Å². The topological polar surface area (TPSA) is 20.2 Å². The minimum atomic E-state index is -0.0390. The van der Waals surface area contributed by atoms with Crippen molar-refractivity contribution in [3.63, 3.8) is 0 Å². The smallest absolute Gasteiger partial charge is 0.0571 e.